The van der Waals surface area contributed by atoms with Crippen LogP contribution in [-0.2, 0) is 30.6 Å². The summed E-state index contributed by atoms with van der Waals surface area (Å²) >= 11 is 5.87. The van der Waals surface area contributed by atoms with Gasteiger partial charge in [-0.15, -0.1) is 0 Å². The van der Waals surface area contributed by atoms with Gasteiger partial charge in [-0.3, -0.25) is 9.52 Å². The number of sulfonamides is 2. The van der Waals surface area contributed by atoms with Crippen molar-refractivity contribution in [2.24, 2.45) is 5.92 Å². The molecule has 1 aliphatic heterocycles. The lowest BCUT2D eigenvalue weighted by atomic mass is 9.97. The second-order valence-corrected chi connectivity index (χ2v) is 12.6. The van der Waals surface area contributed by atoms with Crippen LogP contribution in [-0.4, -0.2) is 40.1 Å². The maximum atomic E-state index is 12.8. The van der Waals surface area contributed by atoms with Crippen LogP contribution in [0, 0.1) is 5.92 Å². The van der Waals surface area contributed by atoms with Gasteiger partial charge in [0.1, 0.15) is 0 Å². The summed E-state index contributed by atoms with van der Waals surface area (Å²) in [6.45, 7) is 0.521. The molecule has 0 atom stereocenters. The number of benzene rings is 3. The van der Waals surface area contributed by atoms with Crippen molar-refractivity contribution in [3.05, 3.63) is 89.4 Å². The lowest BCUT2D eigenvalue weighted by molar-refractivity contribution is -0.120. The van der Waals surface area contributed by atoms with Crippen molar-refractivity contribution in [2.75, 3.05) is 23.1 Å². The first-order valence-electron chi connectivity index (χ1n) is 11.3. The van der Waals surface area contributed by atoms with E-state index in [9.17, 15) is 21.6 Å². The number of anilines is 2. The molecule has 4 rings (SSSR count). The molecule has 8 nitrogen and oxygen atoms in total. The quantitative estimate of drug-likeness (QED) is 0.436. The summed E-state index contributed by atoms with van der Waals surface area (Å²) in [5.41, 5.74) is 1.58. The summed E-state index contributed by atoms with van der Waals surface area (Å²) in [5.74, 6) is -0.673. The first-order chi connectivity index (χ1) is 17.1. The number of carbonyl (C=O) groups excluding carboxylic acids is 1. The molecule has 2 N–H and O–H groups in total. The van der Waals surface area contributed by atoms with Crippen LogP contribution in [0.2, 0.25) is 5.02 Å². The fourth-order valence-corrected chi connectivity index (χ4v) is 6.71. The highest BCUT2D eigenvalue weighted by atomic mass is 35.5. The van der Waals surface area contributed by atoms with Crippen LogP contribution in [0.15, 0.2) is 83.8 Å². The summed E-state index contributed by atoms with van der Waals surface area (Å²) < 4.78 is 54.6. The van der Waals surface area contributed by atoms with Crippen molar-refractivity contribution >= 4 is 48.9 Å². The van der Waals surface area contributed by atoms with E-state index in [4.69, 9.17) is 11.6 Å². The Bertz CT molecular complexity index is 1400. The largest absolute Gasteiger partial charge is 0.326 e. The average Bonchev–Trinajstić information content (AvgIpc) is 2.86. The van der Waals surface area contributed by atoms with Crippen molar-refractivity contribution < 1.29 is 21.6 Å². The van der Waals surface area contributed by atoms with E-state index >= 15 is 0 Å². The van der Waals surface area contributed by atoms with Crippen LogP contribution in [0.4, 0.5) is 11.4 Å². The highest BCUT2D eigenvalue weighted by Crippen LogP contribution is 2.24. The minimum absolute atomic E-state index is 0.0727. The van der Waals surface area contributed by atoms with Crippen LogP contribution in [0.5, 0.6) is 0 Å². The number of nitrogens with one attached hydrogen (secondary N) is 2. The van der Waals surface area contributed by atoms with Gasteiger partial charge in [0, 0.05) is 35.4 Å². The molecule has 1 saturated heterocycles. The molecule has 0 aliphatic carbocycles. The minimum Gasteiger partial charge on any atom is -0.326 e. The number of nitrogens with zero attached hydrogens (tertiary/aromatic N) is 1. The third kappa shape index (κ3) is 6.64. The third-order valence-corrected chi connectivity index (χ3v) is 9.44. The normalized spacial score (nSPS) is 15.4. The van der Waals surface area contributed by atoms with Gasteiger partial charge in [0.15, 0.2) is 0 Å². The number of hydrogen-bond acceptors (Lipinski definition) is 5. The van der Waals surface area contributed by atoms with E-state index in [2.05, 4.69) is 10.0 Å². The summed E-state index contributed by atoms with van der Waals surface area (Å²) in [4.78, 5) is 12.8. The maximum absolute atomic E-state index is 12.8. The Hall–Kier alpha value is -2.92. The van der Waals surface area contributed by atoms with Crippen molar-refractivity contribution in [3.63, 3.8) is 0 Å². The Kier molecular flexibility index (Phi) is 7.99. The molecule has 0 unspecified atom stereocenters. The number of amides is 1. The van der Waals surface area contributed by atoms with Crippen molar-refractivity contribution in [1.82, 2.24) is 4.31 Å². The van der Waals surface area contributed by atoms with Crippen molar-refractivity contribution in [2.45, 2.75) is 23.5 Å². The van der Waals surface area contributed by atoms with Crippen molar-refractivity contribution in [3.8, 4) is 0 Å². The molecule has 0 bridgehead atoms. The molecule has 0 aromatic heterocycles. The number of halogens is 1. The van der Waals surface area contributed by atoms with E-state index in [1.165, 1.54) is 28.6 Å². The van der Waals surface area contributed by atoms with Gasteiger partial charge >= 0.3 is 0 Å². The Morgan fingerprint density at radius 3 is 2.06 bits per heavy atom. The molecule has 0 spiro atoms. The lowest BCUT2D eigenvalue weighted by Crippen LogP contribution is -2.41. The summed E-state index contributed by atoms with van der Waals surface area (Å²) in [7, 11) is -7.26. The number of piperidine rings is 1. The highest BCUT2D eigenvalue weighted by Gasteiger charge is 2.31. The standard InChI is InChI=1S/C25H26ClN3O5S2/c26-21-8-6-19(7-9-21)18-35(31,32)29-16-14-20(15-17-29)25(30)27-22-10-12-24(13-11-22)36(33,34)28-23-4-2-1-3-5-23/h1-13,20,28H,14-18H2,(H,27,30). The van der Waals surface area contributed by atoms with Gasteiger partial charge in [0.2, 0.25) is 15.9 Å². The van der Waals surface area contributed by atoms with E-state index < -0.39 is 20.0 Å². The number of carbonyl (C=O) groups is 1. The molecule has 0 saturated carbocycles. The molecule has 1 fully saturated rings. The molecule has 0 radical (unpaired) electrons. The zero-order valence-corrected chi connectivity index (χ0v) is 21.7. The molecule has 3 aromatic carbocycles. The topological polar surface area (TPSA) is 113 Å². The smallest absolute Gasteiger partial charge is 0.261 e. The lowest BCUT2D eigenvalue weighted by Gasteiger charge is -2.30. The maximum Gasteiger partial charge on any atom is 0.261 e. The third-order valence-electron chi connectivity index (χ3n) is 5.94. The van der Waals surface area contributed by atoms with Crippen LogP contribution < -0.4 is 10.0 Å². The fourth-order valence-electron chi connectivity index (χ4n) is 3.96. The zero-order chi connectivity index (χ0) is 25.8. The summed E-state index contributed by atoms with van der Waals surface area (Å²) in [5, 5.41) is 3.35. The van der Waals surface area contributed by atoms with E-state index in [0.29, 0.717) is 34.8 Å². The molecule has 11 heteroatoms. The molecule has 1 heterocycles. The second kappa shape index (κ2) is 11.0. The van der Waals surface area contributed by atoms with E-state index in [1.54, 1.807) is 54.6 Å². The zero-order valence-electron chi connectivity index (χ0n) is 19.3. The van der Waals surface area contributed by atoms with Gasteiger partial charge in [-0.05, 0) is 66.9 Å². The monoisotopic (exact) mass is 547 g/mol. The van der Waals surface area contributed by atoms with Crippen molar-refractivity contribution in [1.29, 1.82) is 0 Å². The highest BCUT2D eigenvalue weighted by molar-refractivity contribution is 7.92. The Labute approximate surface area is 216 Å². The molecular weight excluding hydrogens is 522 g/mol. The van der Waals surface area contributed by atoms with Gasteiger partial charge in [0.25, 0.3) is 10.0 Å². The Morgan fingerprint density at radius 1 is 0.833 bits per heavy atom. The molecular formula is C25H26ClN3O5S2. The van der Waals surface area contributed by atoms with Crippen LogP contribution in [0.3, 0.4) is 0 Å². The molecule has 36 heavy (non-hydrogen) atoms. The number of rotatable bonds is 8. The second-order valence-electron chi connectivity index (χ2n) is 8.54. The summed E-state index contributed by atoms with van der Waals surface area (Å²) in [6, 6.07) is 21.2. The molecule has 3 aromatic rings. The first-order valence-corrected chi connectivity index (χ1v) is 14.8. The van der Waals surface area contributed by atoms with E-state index in [0.717, 1.165) is 0 Å². The molecule has 190 valence electrons. The number of hydrogen-bond donors (Lipinski definition) is 2. The van der Waals surface area contributed by atoms with E-state index in [-0.39, 0.29) is 35.6 Å². The van der Waals surface area contributed by atoms with Crippen LogP contribution >= 0.6 is 11.6 Å². The van der Waals surface area contributed by atoms with Gasteiger partial charge in [-0.2, -0.15) is 0 Å². The number of para-hydroxylation sites is 1. The SMILES string of the molecule is O=C(Nc1ccc(S(=O)(=O)Nc2ccccc2)cc1)C1CCN(S(=O)(=O)Cc2ccc(Cl)cc2)CC1. The van der Waals surface area contributed by atoms with Crippen LogP contribution in [0.25, 0.3) is 0 Å². The van der Waals surface area contributed by atoms with Gasteiger partial charge in [-0.25, -0.2) is 21.1 Å². The summed E-state index contributed by atoms with van der Waals surface area (Å²) in [6.07, 6.45) is 0.804. The van der Waals surface area contributed by atoms with Crippen LogP contribution in [0.1, 0.15) is 18.4 Å². The van der Waals surface area contributed by atoms with E-state index in [1.807, 2.05) is 0 Å². The van der Waals surface area contributed by atoms with Gasteiger partial charge in [0.05, 0.1) is 10.6 Å². The predicted molar refractivity (Wildman–Crippen MR) is 141 cm³/mol. The van der Waals surface area contributed by atoms with Gasteiger partial charge < -0.3 is 5.32 Å². The first kappa shape index (κ1) is 26.2. The van der Waals surface area contributed by atoms with Gasteiger partial charge in [-0.1, -0.05) is 41.9 Å². The minimum atomic E-state index is -3.76. The Morgan fingerprint density at radius 2 is 1.44 bits per heavy atom. The average molecular weight is 548 g/mol. The Balaban J connectivity index is 1.31. The predicted octanol–water partition coefficient (Wildman–Crippen LogP) is 4.32. The molecule has 1 aliphatic rings. The fraction of sp³-hybridized carbons (Fsp3) is 0.240. The molecule has 1 amide bonds.